The number of nitrogens with zero attached hydrogens (tertiary/aromatic N) is 2. The molecule has 1 amide bonds. The Morgan fingerprint density at radius 1 is 1.31 bits per heavy atom. The van der Waals surface area contributed by atoms with Gasteiger partial charge in [-0.2, -0.15) is 0 Å². The molecule has 4 heterocycles. The van der Waals surface area contributed by atoms with Crippen LogP contribution in [0.1, 0.15) is 28.9 Å². The summed E-state index contributed by atoms with van der Waals surface area (Å²) in [4.78, 5) is 32.6. The number of hydrogen-bond donors (Lipinski definition) is 2. The molecular formula is C24H23F2N4O4PS. The van der Waals surface area contributed by atoms with Crippen LogP contribution >= 0.6 is 18.5 Å². The smallest absolute Gasteiger partial charge is 0.274 e. The summed E-state index contributed by atoms with van der Waals surface area (Å²) in [5.41, 5.74) is 0.757. The highest BCUT2D eigenvalue weighted by Gasteiger charge is 2.31. The van der Waals surface area contributed by atoms with Crippen molar-refractivity contribution in [2.75, 3.05) is 13.3 Å². The number of carbonyl (C=O) groups is 1. The van der Waals surface area contributed by atoms with Gasteiger partial charge < -0.3 is 24.2 Å². The number of aromatic amines is 1. The number of carbonyl (C=O) groups excluding carboxylic acids is 1. The van der Waals surface area contributed by atoms with Gasteiger partial charge in [-0.15, -0.1) is 11.3 Å². The monoisotopic (exact) mass is 532 g/mol. The maximum absolute atomic E-state index is 15.7. The minimum absolute atomic E-state index is 0.0107. The molecule has 12 heteroatoms. The van der Waals surface area contributed by atoms with E-state index in [1.807, 2.05) is 0 Å². The van der Waals surface area contributed by atoms with Crippen LogP contribution in [0.3, 0.4) is 0 Å². The summed E-state index contributed by atoms with van der Waals surface area (Å²) < 4.78 is 49.4. The SMILES string of the molecule is Cc1cc(F)cnc1Oc1c(-c2cn(C)c(=O)c3[nH]c(C(=O)NC4CC4)cc23)sc(P(C)(C)=O)c1F. The van der Waals surface area contributed by atoms with Gasteiger partial charge in [0.2, 0.25) is 5.88 Å². The van der Waals surface area contributed by atoms with Gasteiger partial charge in [0.05, 0.1) is 11.1 Å². The summed E-state index contributed by atoms with van der Waals surface area (Å²) in [6.07, 6.45) is 4.28. The third-order valence-electron chi connectivity index (χ3n) is 5.84. The zero-order valence-electron chi connectivity index (χ0n) is 19.9. The van der Waals surface area contributed by atoms with Crippen LogP contribution in [0.2, 0.25) is 0 Å². The number of aryl methyl sites for hydroxylation is 2. The van der Waals surface area contributed by atoms with Gasteiger partial charge in [0.15, 0.2) is 11.6 Å². The van der Waals surface area contributed by atoms with Gasteiger partial charge in [-0.25, -0.2) is 13.8 Å². The van der Waals surface area contributed by atoms with E-state index in [-0.39, 0.29) is 49.8 Å². The summed E-state index contributed by atoms with van der Waals surface area (Å²) in [6, 6.07) is 2.87. The standard InChI is InChI=1S/C24H23F2N4O4PS/c1-11-7-12(25)9-27-22(11)34-19-17(26)24(35(3,4)33)36-20(19)15-10-30(2)23(32)18-14(15)8-16(29-18)21(31)28-13-5-6-13/h7-10,13,29H,5-6H2,1-4H3,(H,28,31). The van der Waals surface area contributed by atoms with Gasteiger partial charge in [-0.3, -0.25) is 9.59 Å². The Morgan fingerprint density at radius 2 is 2.03 bits per heavy atom. The highest BCUT2D eigenvalue weighted by atomic mass is 32.1. The Morgan fingerprint density at radius 3 is 2.67 bits per heavy atom. The van der Waals surface area contributed by atoms with Crippen molar-refractivity contribution in [2.45, 2.75) is 25.8 Å². The molecule has 1 aliphatic rings. The largest absolute Gasteiger partial charge is 0.434 e. The van der Waals surface area contributed by atoms with Crippen molar-refractivity contribution in [3.63, 3.8) is 0 Å². The lowest BCUT2D eigenvalue weighted by atomic mass is 10.1. The quantitative estimate of drug-likeness (QED) is 0.356. The second-order valence-corrected chi connectivity index (χ2v) is 13.8. The van der Waals surface area contributed by atoms with Gasteiger partial charge >= 0.3 is 0 Å². The summed E-state index contributed by atoms with van der Waals surface area (Å²) in [5, 5.41) is 3.27. The van der Waals surface area contributed by atoms with Gasteiger partial charge in [0.1, 0.15) is 28.8 Å². The van der Waals surface area contributed by atoms with E-state index >= 15 is 4.39 Å². The lowest BCUT2D eigenvalue weighted by molar-refractivity contribution is 0.0947. The number of H-pyrrole nitrogens is 1. The zero-order valence-corrected chi connectivity index (χ0v) is 21.7. The third-order valence-corrected chi connectivity index (χ3v) is 9.59. The summed E-state index contributed by atoms with van der Waals surface area (Å²) in [5.74, 6) is -1.96. The molecule has 2 N–H and O–H groups in total. The second-order valence-electron chi connectivity index (χ2n) is 9.29. The van der Waals surface area contributed by atoms with E-state index in [0.29, 0.717) is 16.5 Å². The molecule has 5 rings (SSSR count). The summed E-state index contributed by atoms with van der Waals surface area (Å²) >= 11 is 0.947. The number of aromatic nitrogens is 3. The molecule has 188 valence electrons. The Labute approximate surface area is 208 Å². The molecule has 0 saturated heterocycles. The van der Waals surface area contributed by atoms with Gasteiger partial charge in [0.25, 0.3) is 11.5 Å². The average molecular weight is 533 g/mol. The molecule has 4 aromatic heterocycles. The summed E-state index contributed by atoms with van der Waals surface area (Å²) in [7, 11) is -1.53. The highest BCUT2D eigenvalue weighted by molar-refractivity contribution is 7.75. The fraction of sp³-hybridized carbons (Fsp3) is 0.292. The molecule has 0 radical (unpaired) electrons. The number of fused-ring (bicyclic) bond motifs is 1. The van der Waals surface area contributed by atoms with Crippen LogP contribution in [0.5, 0.6) is 11.6 Å². The fourth-order valence-electron chi connectivity index (χ4n) is 3.86. The Balaban J connectivity index is 1.73. The second kappa shape index (κ2) is 8.67. The molecule has 4 aromatic rings. The number of ether oxygens (including phenoxy) is 1. The minimum atomic E-state index is -3.07. The maximum atomic E-state index is 15.7. The van der Waals surface area contributed by atoms with Gasteiger partial charge in [-0.1, -0.05) is 0 Å². The van der Waals surface area contributed by atoms with Crippen molar-refractivity contribution in [3.05, 3.63) is 57.8 Å². The van der Waals surface area contributed by atoms with Gasteiger partial charge in [-0.05, 0) is 45.2 Å². The molecule has 1 aliphatic carbocycles. The van der Waals surface area contributed by atoms with Crippen molar-refractivity contribution in [3.8, 4) is 22.1 Å². The first kappa shape index (κ1) is 24.4. The van der Waals surface area contributed by atoms with E-state index in [1.54, 1.807) is 13.0 Å². The number of amides is 1. The Kier molecular flexibility index (Phi) is 5.88. The van der Waals surface area contributed by atoms with Crippen LogP contribution in [0.15, 0.2) is 29.3 Å². The molecule has 1 fully saturated rings. The van der Waals surface area contributed by atoms with Crippen LogP contribution < -0.4 is 20.2 Å². The van der Waals surface area contributed by atoms with Crippen LogP contribution in [0.4, 0.5) is 8.78 Å². The van der Waals surface area contributed by atoms with Crippen LogP contribution in [0.25, 0.3) is 21.3 Å². The Hall–Kier alpha value is -3.30. The van der Waals surface area contributed by atoms with E-state index in [1.165, 1.54) is 37.2 Å². The lowest BCUT2D eigenvalue weighted by Crippen LogP contribution is -2.25. The van der Waals surface area contributed by atoms with Crippen molar-refractivity contribution in [1.29, 1.82) is 0 Å². The average Bonchev–Trinajstić information content (AvgIpc) is 3.38. The van der Waals surface area contributed by atoms with E-state index in [2.05, 4.69) is 15.3 Å². The first-order valence-corrected chi connectivity index (χ1v) is 14.6. The van der Waals surface area contributed by atoms with Crippen LogP contribution in [-0.2, 0) is 11.6 Å². The fourth-order valence-corrected chi connectivity index (χ4v) is 6.46. The molecule has 0 unspecified atom stereocenters. The molecular weight excluding hydrogens is 509 g/mol. The van der Waals surface area contributed by atoms with Crippen molar-refractivity contribution >= 4 is 39.9 Å². The van der Waals surface area contributed by atoms with E-state index < -0.39 is 18.8 Å². The zero-order chi connectivity index (χ0) is 25.9. The third kappa shape index (κ3) is 4.37. The Bertz CT molecular complexity index is 1650. The predicted molar refractivity (Wildman–Crippen MR) is 135 cm³/mol. The number of nitrogens with one attached hydrogen (secondary N) is 2. The highest BCUT2D eigenvalue weighted by Crippen LogP contribution is 2.49. The molecule has 0 atom stereocenters. The molecule has 0 aliphatic heterocycles. The van der Waals surface area contributed by atoms with Crippen molar-refractivity contribution < 1.29 is 22.9 Å². The first-order chi connectivity index (χ1) is 16.9. The number of rotatable bonds is 6. The molecule has 1 saturated carbocycles. The number of pyridine rings is 2. The topological polar surface area (TPSA) is 106 Å². The number of hydrogen-bond acceptors (Lipinski definition) is 6. The number of halogens is 2. The van der Waals surface area contributed by atoms with E-state index in [4.69, 9.17) is 4.74 Å². The predicted octanol–water partition coefficient (Wildman–Crippen LogP) is 4.51. The lowest BCUT2D eigenvalue weighted by Gasteiger charge is -2.10. The first-order valence-electron chi connectivity index (χ1n) is 11.2. The van der Waals surface area contributed by atoms with E-state index in [9.17, 15) is 18.5 Å². The van der Waals surface area contributed by atoms with Crippen LogP contribution in [0, 0.1) is 18.6 Å². The molecule has 0 spiro atoms. The normalized spacial score (nSPS) is 13.8. The molecule has 0 aromatic carbocycles. The van der Waals surface area contributed by atoms with Gasteiger partial charge in [0, 0.05) is 35.8 Å². The summed E-state index contributed by atoms with van der Waals surface area (Å²) in [6.45, 7) is 4.47. The minimum Gasteiger partial charge on any atom is -0.434 e. The number of thiophene rings is 1. The van der Waals surface area contributed by atoms with Crippen molar-refractivity contribution in [2.24, 2.45) is 7.05 Å². The van der Waals surface area contributed by atoms with Crippen LogP contribution in [-0.4, -0.2) is 39.8 Å². The molecule has 36 heavy (non-hydrogen) atoms. The molecule has 8 nitrogen and oxygen atoms in total. The van der Waals surface area contributed by atoms with E-state index in [0.717, 1.165) is 30.4 Å². The van der Waals surface area contributed by atoms with Crippen molar-refractivity contribution in [1.82, 2.24) is 19.9 Å². The maximum Gasteiger partial charge on any atom is 0.274 e. The molecule has 0 bridgehead atoms.